The maximum absolute atomic E-state index is 12.4. The fourth-order valence-corrected chi connectivity index (χ4v) is 4.60. The van der Waals surface area contributed by atoms with E-state index in [-0.39, 0.29) is 12.0 Å². The Morgan fingerprint density at radius 1 is 1.09 bits per heavy atom. The van der Waals surface area contributed by atoms with E-state index >= 15 is 0 Å². The van der Waals surface area contributed by atoms with E-state index in [4.69, 9.17) is 16.3 Å². The Balaban J connectivity index is 1.32. The van der Waals surface area contributed by atoms with Crippen LogP contribution in [-0.2, 0) is 17.8 Å². The third kappa shape index (κ3) is 7.64. The van der Waals surface area contributed by atoms with Crippen LogP contribution in [0.5, 0.6) is 5.75 Å². The minimum Gasteiger partial charge on any atom is -0.489 e. The van der Waals surface area contributed by atoms with Crippen LogP contribution >= 0.6 is 11.6 Å². The van der Waals surface area contributed by atoms with Crippen LogP contribution in [0.4, 0.5) is 5.69 Å². The van der Waals surface area contributed by atoms with Gasteiger partial charge >= 0.3 is 0 Å². The molecule has 0 bridgehead atoms. The highest BCUT2D eigenvalue weighted by molar-refractivity contribution is 6.30. The molecule has 1 atom stereocenters. The van der Waals surface area contributed by atoms with Gasteiger partial charge in [0.1, 0.15) is 11.9 Å². The molecule has 3 aromatic rings. The number of rotatable bonds is 10. The van der Waals surface area contributed by atoms with Crippen molar-refractivity contribution in [3.05, 3.63) is 77.8 Å². The first-order valence-corrected chi connectivity index (χ1v) is 12.3. The van der Waals surface area contributed by atoms with Crippen LogP contribution in [0.2, 0.25) is 5.02 Å². The maximum atomic E-state index is 12.4. The molecule has 0 saturated heterocycles. The van der Waals surface area contributed by atoms with Crippen LogP contribution in [0, 0.1) is 5.92 Å². The van der Waals surface area contributed by atoms with Gasteiger partial charge in [-0.15, -0.1) is 0 Å². The van der Waals surface area contributed by atoms with E-state index in [1.165, 1.54) is 37.7 Å². The standard InChI is InChI=1S/C27H32ClN3O2/c28-23-9-6-21(7-10-23)8-13-26(19-31-17-16-29-20-31)33-25-14-11-24(12-15-25)30-27(32)18-22-4-2-1-3-5-22/h6-7,9-12,14-17,20,22,26H,1-5,8,13,18-19H2,(H,30,32). The summed E-state index contributed by atoms with van der Waals surface area (Å²) in [5.74, 6) is 1.43. The zero-order chi connectivity index (χ0) is 22.9. The normalized spacial score (nSPS) is 15.2. The second-order valence-corrected chi connectivity index (χ2v) is 9.38. The summed E-state index contributed by atoms with van der Waals surface area (Å²) in [6.07, 6.45) is 14.1. The number of ether oxygens (including phenoxy) is 1. The number of aromatic nitrogens is 2. The molecule has 1 aromatic heterocycles. The van der Waals surface area contributed by atoms with Crippen molar-refractivity contribution >= 4 is 23.2 Å². The van der Waals surface area contributed by atoms with E-state index in [9.17, 15) is 4.79 Å². The molecule has 1 amide bonds. The molecule has 6 heteroatoms. The molecule has 1 unspecified atom stereocenters. The summed E-state index contributed by atoms with van der Waals surface area (Å²) in [5.41, 5.74) is 2.05. The summed E-state index contributed by atoms with van der Waals surface area (Å²) in [6.45, 7) is 0.716. The zero-order valence-corrected chi connectivity index (χ0v) is 19.7. The second kappa shape index (κ2) is 11.9. The van der Waals surface area contributed by atoms with Crippen LogP contribution in [0.25, 0.3) is 0 Å². The predicted molar refractivity (Wildman–Crippen MR) is 133 cm³/mol. The van der Waals surface area contributed by atoms with Gasteiger partial charge in [-0.3, -0.25) is 4.79 Å². The monoisotopic (exact) mass is 465 g/mol. The Morgan fingerprint density at radius 3 is 2.55 bits per heavy atom. The molecule has 1 heterocycles. The third-order valence-corrected chi connectivity index (χ3v) is 6.53. The zero-order valence-electron chi connectivity index (χ0n) is 19.0. The summed E-state index contributed by atoms with van der Waals surface area (Å²) in [4.78, 5) is 16.5. The molecular formula is C27H32ClN3O2. The molecule has 1 aliphatic carbocycles. The van der Waals surface area contributed by atoms with Crippen LogP contribution in [0.15, 0.2) is 67.3 Å². The molecule has 33 heavy (non-hydrogen) atoms. The summed E-state index contributed by atoms with van der Waals surface area (Å²) >= 11 is 6.01. The largest absolute Gasteiger partial charge is 0.489 e. The van der Waals surface area contributed by atoms with Gasteiger partial charge in [-0.2, -0.15) is 0 Å². The second-order valence-electron chi connectivity index (χ2n) is 8.95. The van der Waals surface area contributed by atoms with E-state index in [1.807, 2.05) is 53.5 Å². The van der Waals surface area contributed by atoms with E-state index in [1.54, 1.807) is 6.20 Å². The van der Waals surface area contributed by atoms with Crippen molar-refractivity contribution in [2.75, 3.05) is 5.32 Å². The molecule has 1 fully saturated rings. The molecular weight excluding hydrogens is 434 g/mol. The molecule has 1 saturated carbocycles. The topological polar surface area (TPSA) is 56.1 Å². The Bertz CT molecular complexity index is 981. The minimum absolute atomic E-state index is 0.0124. The average Bonchev–Trinajstić information content (AvgIpc) is 3.33. The van der Waals surface area contributed by atoms with Crippen LogP contribution < -0.4 is 10.1 Å². The molecule has 0 radical (unpaired) electrons. The number of carbonyl (C=O) groups excluding carboxylic acids is 1. The fraction of sp³-hybridized carbons (Fsp3) is 0.407. The van der Waals surface area contributed by atoms with E-state index < -0.39 is 0 Å². The molecule has 174 valence electrons. The highest BCUT2D eigenvalue weighted by Crippen LogP contribution is 2.27. The molecule has 1 N–H and O–H groups in total. The number of imidazole rings is 1. The summed E-state index contributed by atoms with van der Waals surface area (Å²) in [5, 5.41) is 3.79. The SMILES string of the molecule is O=C(CC1CCCCC1)Nc1ccc(OC(CCc2ccc(Cl)cc2)Cn2ccnc2)cc1. The van der Waals surface area contributed by atoms with Gasteiger partial charge in [0.05, 0.1) is 12.9 Å². The minimum atomic E-state index is -0.0124. The van der Waals surface area contributed by atoms with Crippen molar-refractivity contribution in [1.82, 2.24) is 9.55 Å². The number of nitrogens with one attached hydrogen (secondary N) is 1. The van der Waals surface area contributed by atoms with Crippen LogP contribution in [-0.4, -0.2) is 21.6 Å². The summed E-state index contributed by atoms with van der Waals surface area (Å²) in [7, 11) is 0. The van der Waals surface area contributed by atoms with Crippen molar-refractivity contribution < 1.29 is 9.53 Å². The first-order chi connectivity index (χ1) is 16.1. The lowest BCUT2D eigenvalue weighted by Crippen LogP contribution is -2.23. The number of hydrogen-bond acceptors (Lipinski definition) is 3. The van der Waals surface area contributed by atoms with Gasteiger partial charge in [0.2, 0.25) is 5.91 Å². The first kappa shape index (κ1) is 23.4. The molecule has 0 aliphatic heterocycles. The van der Waals surface area contributed by atoms with Gasteiger partial charge in [-0.05, 0) is 73.6 Å². The van der Waals surface area contributed by atoms with Gasteiger partial charge in [0.25, 0.3) is 0 Å². The van der Waals surface area contributed by atoms with Gasteiger partial charge in [0, 0.05) is 29.5 Å². The molecule has 0 spiro atoms. The van der Waals surface area contributed by atoms with Crippen LogP contribution in [0.3, 0.4) is 0 Å². The number of amides is 1. The van der Waals surface area contributed by atoms with E-state index in [2.05, 4.69) is 22.4 Å². The number of aryl methyl sites for hydroxylation is 1. The highest BCUT2D eigenvalue weighted by atomic mass is 35.5. The van der Waals surface area contributed by atoms with Crippen molar-refractivity contribution in [2.45, 2.75) is 64.0 Å². The van der Waals surface area contributed by atoms with Crippen molar-refractivity contribution in [3.8, 4) is 5.75 Å². The number of nitrogens with zero attached hydrogens (tertiary/aromatic N) is 2. The number of anilines is 1. The molecule has 1 aliphatic rings. The Kier molecular flexibility index (Phi) is 8.42. The number of carbonyl (C=O) groups is 1. The lowest BCUT2D eigenvalue weighted by atomic mass is 9.87. The van der Waals surface area contributed by atoms with Crippen molar-refractivity contribution in [3.63, 3.8) is 0 Å². The number of benzene rings is 2. The third-order valence-electron chi connectivity index (χ3n) is 6.28. The van der Waals surface area contributed by atoms with E-state index in [0.29, 0.717) is 18.9 Å². The van der Waals surface area contributed by atoms with Gasteiger partial charge in [0.15, 0.2) is 0 Å². The smallest absolute Gasteiger partial charge is 0.224 e. The Morgan fingerprint density at radius 2 is 1.85 bits per heavy atom. The number of hydrogen-bond donors (Lipinski definition) is 1. The maximum Gasteiger partial charge on any atom is 0.224 e. The first-order valence-electron chi connectivity index (χ1n) is 11.9. The van der Waals surface area contributed by atoms with Gasteiger partial charge in [-0.25, -0.2) is 4.98 Å². The lowest BCUT2D eigenvalue weighted by Gasteiger charge is -2.21. The lowest BCUT2D eigenvalue weighted by molar-refractivity contribution is -0.117. The van der Waals surface area contributed by atoms with E-state index in [0.717, 1.165) is 29.3 Å². The van der Waals surface area contributed by atoms with Gasteiger partial charge < -0.3 is 14.6 Å². The van der Waals surface area contributed by atoms with Crippen molar-refractivity contribution in [2.24, 2.45) is 5.92 Å². The Labute approximate surface area is 201 Å². The average molecular weight is 466 g/mol. The summed E-state index contributed by atoms with van der Waals surface area (Å²) < 4.78 is 8.36. The highest BCUT2D eigenvalue weighted by Gasteiger charge is 2.17. The summed E-state index contributed by atoms with van der Waals surface area (Å²) in [6, 6.07) is 15.7. The molecule has 4 rings (SSSR count). The molecule has 2 aromatic carbocycles. The number of halogens is 1. The quantitative estimate of drug-likeness (QED) is 0.370. The van der Waals surface area contributed by atoms with Crippen molar-refractivity contribution in [1.29, 1.82) is 0 Å². The Hall–Kier alpha value is -2.79. The predicted octanol–water partition coefficient (Wildman–Crippen LogP) is 6.53. The van der Waals surface area contributed by atoms with Crippen LogP contribution in [0.1, 0.15) is 50.5 Å². The van der Waals surface area contributed by atoms with Gasteiger partial charge in [-0.1, -0.05) is 43.0 Å². The molecule has 5 nitrogen and oxygen atoms in total. The fourth-order valence-electron chi connectivity index (χ4n) is 4.47.